The van der Waals surface area contributed by atoms with Gasteiger partial charge in [0.25, 0.3) is 0 Å². The molecule has 0 aliphatic carbocycles. The SMILES string of the molecule is CCNC(=NCc1ccnc(N2CCN(CC)CC2)c1)NCCCN1CCOCC1.I. The number of nitrogens with one attached hydrogen (secondary N) is 2. The number of rotatable bonds is 9. The van der Waals surface area contributed by atoms with E-state index < -0.39 is 0 Å². The van der Waals surface area contributed by atoms with Gasteiger partial charge in [-0.1, -0.05) is 6.92 Å². The number of halogens is 1. The van der Waals surface area contributed by atoms with E-state index in [1.807, 2.05) is 6.20 Å². The van der Waals surface area contributed by atoms with Gasteiger partial charge in [-0.15, -0.1) is 24.0 Å². The van der Waals surface area contributed by atoms with Gasteiger partial charge < -0.3 is 25.2 Å². The van der Waals surface area contributed by atoms with Crippen LogP contribution in [0.4, 0.5) is 5.82 Å². The fraction of sp³-hybridized carbons (Fsp3) is 0.727. The molecule has 0 bridgehead atoms. The Kier molecular flexibility index (Phi) is 12.5. The quantitative estimate of drug-likeness (QED) is 0.212. The van der Waals surface area contributed by atoms with Crippen LogP contribution in [0.25, 0.3) is 0 Å². The standard InChI is InChI=1S/C22H39N7O.HI/c1-3-23-22(25-7-5-9-28-14-16-30-17-15-28)26-19-20-6-8-24-21(18-20)29-12-10-27(4-2)11-13-29;/h6,8,18H,3-5,7,9-17,19H2,1-2H3,(H2,23,25,26);1H. The van der Waals surface area contributed by atoms with Gasteiger partial charge in [-0.2, -0.15) is 0 Å². The third kappa shape index (κ3) is 9.07. The molecular formula is C22H40IN7O. The summed E-state index contributed by atoms with van der Waals surface area (Å²) < 4.78 is 5.41. The van der Waals surface area contributed by atoms with Crippen LogP contribution in [-0.4, -0.2) is 99.4 Å². The van der Waals surface area contributed by atoms with Crippen molar-refractivity contribution in [3.63, 3.8) is 0 Å². The minimum absolute atomic E-state index is 0. The van der Waals surface area contributed by atoms with Crippen molar-refractivity contribution < 1.29 is 4.74 Å². The van der Waals surface area contributed by atoms with E-state index in [1.165, 1.54) is 5.56 Å². The molecule has 9 heteroatoms. The lowest BCUT2D eigenvalue weighted by atomic mass is 10.2. The molecule has 0 spiro atoms. The highest BCUT2D eigenvalue weighted by Gasteiger charge is 2.16. The van der Waals surface area contributed by atoms with E-state index in [2.05, 4.69) is 56.3 Å². The van der Waals surface area contributed by atoms with Gasteiger partial charge in [0.1, 0.15) is 5.82 Å². The van der Waals surface area contributed by atoms with Gasteiger partial charge in [-0.3, -0.25) is 4.90 Å². The van der Waals surface area contributed by atoms with Gasteiger partial charge in [0.15, 0.2) is 5.96 Å². The Balaban J connectivity index is 0.00000341. The molecule has 2 N–H and O–H groups in total. The third-order valence-corrected chi connectivity index (χ3v) is 5.76. The molecule has 2 fully saturated rings. The first-order chi connectivity index (χ1) is 14.8. The van der Waals surface area contributed by atoms with Crippen molar-refractivity contribution in [2.45, 2.75) is 26.8 Å². The van der Waals surface area contributed by atoms with Gasteiger partial charge in [0.05, 0.1) is 19.8 Å². The molecule has 31 heavy (non-hydrogen) atoms. The molecule has 1 aromatic rings. The van der Waals surface area contributed by atoms with Crippen LogP contribution in [0.3, 0.4) is 0 Å². The van der Waals surface area contributed by atoms with Crippen LogP contribution in [-0.2, 0) is 11.3 Å². The number of aromatic nitrogens is 1. The second kappa shape index (κ2) is 14.8. The molecule has 0 saturated carbocycles. The van der Waals surface area contributed by atoms with E-state index >= 15 is 0 Å². The van der Waals surface area contributed by atoms with Gasteiger partial charge in [0, 0.05) is 58.6 Å². The summed E-state index contributed by atoms with van der Waals surface area (Å²) in [6.07, 6.45) is 3.02. The summed E-state index contributed by atoms with van der Waals surface area (Å²) in [6.45, 7) is 17.1. The van der Waals surface area contributed by atoms with Crippen molar-refractivity contribution in [3.05, 3.63) is 23.9 Å². The molecule has 3 rings (SSSR count). The maximum Gasteiger partial charge on any atom is 0.191 e. The maximum atomic E-state index is 5.41. The summed E-state index contributed by atoms with van der Waals surface area (Å²) in [4.78, 5) is 16.7. The van der Waals surface area contributed by atoms with Crippen LogP contribution < -0.4 is 15.5 Å². The molecule has 176 valence electrons. The van der Waals surface area contributed by atoms with Gasteiger partial charge in [0.2, 0.25) is 0 Å². The molecule has 1 aromatic heterocycles. The number of aliphatic imine (C=N–C) groups is 1. The van der Waals surface area contributed by atoms with Crippen LogP contribution in [0, 0.1) is 0 Å². The number of anilines is 1. The average Bonchev–Trinajstić information content (AvgIpc) is 2.81. The Morgan fingerprint density at radius 2 is 1.84 bits per heavy atom. The Morgan fingerprint density at radius 3 is 2.55 bits per heavy atom. The van der Waals surface area contributed by atoms with Crippen LogP contribution in [0.2, 0.25) is 0 Å². The first-order valence-electron chi connectivity index (χ1n) is 11.5. The summed E-state index contributed by atoms with van der Waals surface area (Å²) in [5, 5.41) is 6.82. The predicted octanol–water partition coefficient (Wildman–Crippen LogP) is 1.62. The number of ether oxygens (including phenoxy) is 1. The highest BCUT2D eigenvalue weighted by Crippen LogP contribution is 2.15. The number of piperazine rings is 1. The lowest BCUT2D eigenvalue weighted by Gasteiger charge is -2.34. The molecule has 2 aliphatic rings. The summed E-state index contributed by atoms with van der Waals surface area (Å²) in [7, 11) is 0. The maximum absolute atomic E-state index is 5.41. The molecule has 8 nitrogen and oxygen atoms in total. The zero-order valence-electron chi connectivity index (χ0n) is 19.2. The van der Waals surface area contributed by atoms with Gasteiger partial charge >= 0.3 is 0 Å². The van der Waals surface area contributed by atoms with Crippen molar-refractivity contribution in [2.75, 3.05) is 83.6 Å². The topological polar surface area (TPSA) is 68.3 Å². The molecule has 0 atom stereocenters. The van der Waals surface area contributed by atoms with E-state index in [4.69, 9.17) is 9.73 Å². The van der Waals surface area contributed by atoms with E-state index in [0.29, 0.717) is 6.54 Å². The van der Waals surface area contributed by atoms with E-state index in [0.717, 1.165) is 96.9 Å². The zero-order chi connectivity index (χ0) is 21.0. The number of hydrogen-bond donors (Lipinski definition) is 2. The second-order valence-electron chi connectivity index (χ2n) is 7.87. The number of morpholine rings is 1. The van der Waals surface area contributed by atoms with Crippen LogP contribution in [0.5, 0.6) is 0 Å². The smallest absolute Gasteiger partial charge is 0.191 e. The van der Waals surface area contributed by atoms with Crippen molar-refractivity contribution in [1.82, 2.24) is 25.4 Å². The number of guanidine groups is 1. The molecule has 2 saturated heterocycles. The largest absolute Gasteiger partial charge is 0.379 e. The first kappa shape index (κ1) is 26.1. The lowest BCUT2D eigenvalue weighted by molar-refractivity contribution is 0.0376. The highest BCUT2D eigenvalue weighted by molar-refractivity contribution is 14.0. The minimum Gasteiger partial charge on any atom is -0.379 e. The lowest BCUT2D eigenvalue weighted by Crippen LogP contribution is -2.46. The fourth-order valence-corrected chi connectivity index (χ4v) is 3.87. The average molecular weight is 546 g/mol. The third-order valence-electron chi connectivity index (χ3n) is 5.76. The molecule has 3 heterocycles. The second-order valence-corrected chi connectivity index (χ2v) is 7.87. The van der Waals surface area contributed by atoms with Gasteiger partial charge in [-0.05, 0) is 44.1 Å². The van der Waals surface area contributed by atoms with Crippen molar-refractivity contribution in [2.24, 2.45) is 4.99 Å². The highest BCUT2D eigenvalue weighted by atomic mass is 127. The van der Waals surface area contributed by atoms with Crippen molar-refractivity contribution in [3.8, 4) is 0 Å². The molecular weight excluding hydrogens is 505 g/mol. The number of pyridine rings is 1. The van der Waals surface area contributed by atoms with Crippen molar-refractivity contribution in [1.29, 1.82) is 0 Å². The Morgan fingerprint density at radius 1 is 1.06 bits per heavy atom. The van der Waals surface area contributed by atoms with E-state index in [-0.39, 0.29) is 24.0 Å². The normalized spacial score (nSPS) is 18.5. The number of hydrogen-bond acceptors (Lipinski definition) is 6. The molecule has 0 radical (unpaired) electrons. The first-order valence-corrected chi connectivity index (χ1v) is 11.5. The van der Waals surface area contributed by atoms with Crippen molar-refractivity contribution >= 4 is 35.8 Å². The Bertz CT molecular complexity index is 647. The summed E-state index contributed by atoms with van der Waals surface area (Å²) >= 11 is 0. The molecule has 2 aliphatic heterocycles. The summed E-state index contributed by atoms with van der Waals surface area (Å²) in [6, 6.07) is 4.25. The molecule has 0 aromatic carbocycles. The van der Waals surface area contributed by atoms with Crippen LogP contribution >= 0.6 is 24.0 Å². The Hall–Kier alpha value is -1.17. The molecule has 0 unspecified atom stereocenters. The zero-order valence-corrected chi connectivity index (χ0v) is 21.5. The van der Waals surface area contributed by atoms with Crippen LogP contribution in [0.15, 0.2) is 23.3 Å². The number of likely N-dealkylation sites (N-methyl/N-ethyl adjacent to an activating group) is 1. The fourth-order valence-electron chi connectivity index (χ4n) is 3.87. The monoisotopic (exact) mass is 545 g/mol. The van der Waals surface area contributed by atoms with Crippen LogP contribution in [0.1, 0.15) is 25.8 Å². The summed E-state index contributed by atoms with van der Waals surface area (Å²) in [5.41, 5.74) is 1.20. The summed E-state index contributed by atoms with van der Waals surface area (Å²) in [5.74, 6) is 1.95. The van der Waals surface area contributed by atoms with Gasteiger partial charge in [-0.25, -0.2) is 9.98 Å². The minimum atomic E-state index is 0. The predicted molar refractivity (Wildman–Crippen MR) is 139 cm³/mol. The Labute approximate surface area is 204 Å². The number of nitrogens with zero attached hydrogens (tertiary/aromatic N) is 5. The molecule has 0 amide bonds. The van der Waals surface area contributed by atoms with E-state index in [1.54, 1.807) is 0 Å². The van der Waals surface area contributed by atoms with E-state index in [9.17, 15) is 0 Å².